The molecule has 0 saturated carbocycles. The molecule has 1 aliphatic rings. The second-order valence-corrected chi connectivity index (χ2v) is 8.27. The molecule has 0 radical (unpaired) electrons. The summed E-state index contributed by atoms with van der Waals surface area (Å²) in [6.45, 7) is 2.08. The first kappa shape index (κ1) is 19.4. The van der Waals surface area contributed by atoms with E-state index in [1.165, 1.54) is 24.2 Å². The van der Waals surface area contributed by atoms with Gasteiger partial charge in [0, 0.05) is 35.3 Å². The highest BCUT2D eigenvalue weighted by Crippen LogP contribution is 2.25. The molecular weight excluding hydrogens is 406 g/mol. The van der Waals surface area contributed by atoms with E-state index in [0.29, 0.717) is 11.4 Å². The number of rotatable bonds is 5. The van der Waals surface area contributed by atoms with E-state index in [4.69, 9.17) is 0 Å². The van der Waals surface area contributed by atoms with Gasteiger partial charge < -0.3 is 10.2 Å². The van der Waals surface area contributed by atoms with E-state index in [1.807, 2.05) is 66.7 Å². The van der Waals surface area contributed by atoms with Gasteiger partial charge in [-0.25, -0.2) is 4.98 Å². The van der Waals surface area contributed by atoms with Crippen LogP contribution in [0.4, 0.5) is 11.5 Å². The molecule has 1 amide bonds. The maximum atomic E-state index is 12.7. The summed E-state index contributed by atoms with van der Waals surface area (Å²) in [6, 6.07) is 21.5. The lowest BCUT2D eigenvalue weighted by Gasteiger charge is -2.15. The molecule has 31 heavy (non-hydrogen) atoms. The quantitative estimate of drug-likeness (QED) is 0.479. The van der Waals surface area contributed by atoms with Gasteiger partial charge in [-0.1, -0.05) is 42.5 Å². The van der Waals surface area contributed by atoms with Crippen LogP contribution in [0.25, 0.3) is 21.8 Å². The van der Waals surface area contributed by atoms with Gasteiger partial charge in [0.15, 0.2) is 5.82 Å². The number of hydrogen-bond donors (Lipinski definition) is 1. The highest BCUT2D eigenvalue weighted by atomic mass is 32.1. The average molecular weight is 428 g/mol. The Balaban J connectivity index is 1.30. The SMILES string of the molecule is O=C(Nc1cccc(-c2ccc(N3CCCC3)nn2)c1)c1csc(-c2ccccc2)n1. The Morgan fingerprint density at radius 3 is 2.48 bits per heavy atom. The molecular formula is C24H21N5OS. The fourth-order valence-corrected chi connectivity index (χ4v) is 4.44. The van der Waals surface area contributed by atoms with Crippen LogP contribution in [0.5, 0.6) is 0 Å². The lowest BCUT2D eigenvalue weighted by molar-refractivity contribution is 0.102. The van der Waals surface area contributed by atoms with E-state index < -0.39 is 0 Å². The van der Waals surface area contributed by atoms with Gasteiger partial charge >= 0.3 is 0 Å². The molecule has 2 aromatic heterocycles. The molecule has 154 valence electrons. The molecule has 0 spiro atoms. The van der Waals surface area contributed by atoms with Crippen LogP contribution in [0, 0.1) is 0 Å². The molecule has 0 atom stereocenters. The van der Waals surface area contributed by atoms with Crippen LogP contribution in [0.1, 0.15) is 23.3 Å². The molecule has 6 nitrogen and oxygen atoms in total. The first-order valence-corrected chi connectivity index (χ1v) is 11.2. The molecule has 0 bridgehead atoms. The summed E-state index contributed by atoms with van der Waals surface area (Å²) in [4.78, 5) is 19.4. The van der Waals surface area contributed by atoms with E-state index in [9.17, 15) is 4.79 Å². The summed E-state index contributed by atoms with van der Waals surface area (Å²) in [5, 5.41) is 14.3. The number of nitrogens with zero attached hydrogens (tertiary/aromatic N) is 4. The van der Waals surface area contributed by atoms with Gasteiger partial charge in [-0.15, -0.1) is 21.5 Å². The van der Waals surface area contributed by atoms with Crippen LogP contribution in [0.15, 0.2) is 72.1 Å². The average Bonchev–Trinajstić information content (AvgIpc) is 3.53. The van der Waals surface area contributed by atoms with Crippen LogP contribution in [0.2, 0.25) is 0 Å². The fourth-order valence-electron chi connectivity index (χ4n) is 3.64. The summed E-state index contributed by atoms with van der Waals surface area (Å²) in [5.74, 6) is 0.689. The minimum Gasteiger partial charge on any atom is -0.355 e. The zero-order valence-electron chi connectivity index (χ0n) is 16.9. The minimum absolute atomic E-state index is 0.231. The van der Waals surface area contributed by atoms with Gasteiger partial charge in [0.25, 0.3) is 5.91 Å². The van der Waals surface area contributed by atoms with Crippen molar-refractivity contribution in [3.63, 3.8) is 0 Å². The van der Waals surface area contributed by atoms with E-state index in [-0.39, 0.29) is 5.91 Å². The number of carbonyl (C=O) groups excluding carboxylic acids is 1. The number of aromatic nitrogens is 3. The van der Waals surface area contributed by atoms with Crippen molar-refractivity contribution in [2.24, 2.45) is 0 Å². The molecule has 1 aliphatic heterocycles. The molecule has 3 heterocycles. The Labute approximate surface area is 184 Å². The zero-order valence-corrected chi connectivity index (χ0v) is 17.7. The third-order valence-corrected chi connectivity index (χ3v) is 6.15. The number of nitrogens with one attached hydrogen (secondary N) is 1. The number of thiazole rings is 1. The molecule has 2 aromatic carbocycles. The fraction of sp³-hybridized carbons (Fsp3) is 0.167. The van der Waals surface area contributed by atoms with E-state index in [0.717, 1.165) is 40.7 Å². The second kappa shape index (κ2) is 8.65. The van der Waals surface area contributed by atoms with Crippen molar-refractivity contribution in [2.75, 3.05) is 23.3 Å². The third kappa shape index (κ3) is 4.32. The lowest BCUT2D eigenvalue weighted by Crippen LogP contribution is -2.19. The topological polar surface area (TPSA) is 71.0 Å². The maximum absolute atomic E-state index is 12.7. The predicted molar refractivity (Wildman–Crippen MR) is 124 cm³/mol. The Bertz CT molecular complexity index is 1180. The normalized spacial score (nSPS) is 13.4. The largest absolute Gasteiger partial charge is 0.355 e. The second-order valence-electron chi connectivity index (χ2n) is 7.41. The summed E-state index contributed by atoms with van der Waals surface area (Å²) >= 11 is 1.46. The molecule has 0 unspecified atom stereocenters. The molecule has 4 aromatic rings. The number of hydrogen-bond acceptors (Lipinski definition) is 6. The molecule has 1 N–H and O–H groups in total. The van der Waals surface area contributed by atoms with Crippen molar-refractivity contribution < 1.29 is 4.79 Å². The van der Waals surface area contributed by atoms with Crippen LogP contribution in [-0.2, 0) is 0 Å². The van der Waals surface area contributed by atoms with Crippen molar-refractivity contribution >= 4 is 28.7 Å². The summed E-state index contributed by atoms with van der Waals surface area (Å²) in [5.41, 5.74) is 3.79. The van der Waals surface area contributed by atoms with Crippen molar-refractivity contribution in [2.45, 2.75) is 12.8 Å². The van der Waals surface area contributed by atoms with Gasteiger partial charge in [-0.05, 0) is 37.1 Å². The van der Waals surface area contributed by atoms with Gasteiger partial charge in [-0.3, -0.25) is 4.79 Å². The Kier molecular flexibility index (Phi) is 5.41. The van der Waals surface area contributed by atoms with E-state index >= 15 is 0 Å². The highest BCUT2D eigenvalue weighted by molar-refractivity contribution is 7.13. The van der Waals surface area contributed by atoms with Crippen LogP contribution in [0.3, 0.4) is 0 Å². The summed E-state index contributed by atoms with van der Waals surface area (Å²) in [6.07, 6.45) is 2.41. The number of benzene rings is 2. The Morgan fingerprint density at radius 2 is 1.71 bits per heavy atom. The molecule has 1 fully saturated rings. The van der Waals surface area contributed by atoms with Crippen LogP contribution < -0.4 is 10.2 Å². The number of carbonyl (C=O) groups is 1. The minimum atomic E-state index is -0.231. The van der Waals surface area contributed by atoms with E-state index in [2.05, 4.69) is 25.4 Å². The standard InChI is InChI=1S/C24H21N5OS/c30-23(21-16-31-24(26-21)17-7-2-1-3-8-17)25-19-10-6-9-18(15-19)20-11-12-22(28-27-20)29-13-4-5-14-29/h1-3,6-12,15-16H,4-5,13-14H2,(H,25,30). The first-order chi connectivity index (χ1) is 15.3. The van der Waals surface area contributed by atoms with Crippen molar-refractivity contribution in [1.82, 2.24) is 15.2 Å². The highest BCUT2D eigenvalue weighted by Gasteiger charge is 2.15. The van der Waals surface area contributed by atoms with E-state index in [1.54, 1.807) is 5.38 Å². The van der Waals surface area contributed by atoms with Gasteiger partial charge in [0.05, 0.1) is 5.69 Å². The van der Waals surface area contributed by atoms with Gasteiger partial charge in [0.2, 0.25) is 0 Å². The monoisotopic (exact) mass is 427 g/mol. The summed E-state index contributed by atoms with van der Waals surface area (Å²) in [7, 11) is 0. The predicted octanol–water partition coefficient (Wildman–Crippen LogP) is 5.12. The zero-order chi connectivity index (χ0) is 21.0. The molecule has 5 rings (SSSR count). The third-order valence-electron chi connectivity index (χ3n) is 5.25. The number of amides is 1. The van der Waals surface area contributed by atoms with Crippen molar-refractivity contribution in [3.05, 3.63) is 77.8 Å². The Hall–Kier alpha value is -3.58. The maximum Gasteiger partial charge on any atom is 0.275 e. The smallest absolute Gasteiger partial charge is 0.275 e. The summed E-state index contributed by atoms with van der Waals surface area (Å²) < 4.78 is 0. The van der Waals surface area contributed by atoms with Crippen LogP contribution >= 0.6 is 11.3 Å². The van der Waals surface area contributed by atoms with Gasteiger partial charge in [-0.2, -0.15) is 0 Å². The number of anilines is 2. The van der Waals surface area contributed by atoms with Gasteiger partial charge in [0.1, 0.15) is 10.7 Å². The van der Waals surface area contributed by atoms with Crippen molar-refractivity contribution in [1.29, 1.82) is 0 Å². The van der Waals surface area contributed by atoms with Crippen LogP contribution in [-0.4, -0.2) is 34.2 Å². The molecule has 0 aliphatic carbocycles. The Morgan fingerprint density at radius 1 is 0.903 bits per heavy atom. The van der Waals surface area contributed by atoms with Crippen molar-refractivity contribution in [3.8, 4) is 21.8 Å². The first-order valence-electron chi connectivity index (χ1n) is 10.3. The molecule has 7 heteroatoms. The molecule has 1 saturated heterocycles. The lowest BCUT2D eigenvalue weighted by atomic mass is 10.1.